The zero-order chi connectivity index (χ0) is 15.8. The summed E-state index contributed by atoms with van der Waals surface area (Å²) < 4.78 is 0.188. The predicted molar refractivity (Wildman–Crippen MR) is 90.2 cm³/mol. The van der Waals surface area contributed by atoms with Crippen molar-refractivity contribution in [2.24, 2.45) is 5.41 Å². The maximum atomic E-state index is 12.6. The van der Waals surface area contributed by atoms with Crippen LogP contribution in [0.4, 0.5) is 0 Å². The SMILES string of the molecule is CCCC(C#N)(CCC)C(=O)NCC1(SC)CCCCC1. The van der Waals surface area contributed by atoms with Crippen molar-refractivity contribution in [2.75, 3.05) is 12.8 Å². The molecule has 1 aliphatic carbocycles. The van der Waals surface area contributed by atoms with Gasteiger partial charge in [0.1, 0.15) is 5.41 Å². The first-order chi connectivity index (χ1) is 10.1. The van der Waals surface area contributed by atoms with Crippen LogP contribution in [0.3, 0.4) is 0 Å². The van der Waals surface area contributed by atoms with E-state index in [0.29, 0.717) is 19.4 Å². The number of rotatable bonds is 8. The molecule has 0 heterocycles. The Morgan fingerprint density at radius 2 is 1.81 bits per heavy atom. The van der Waals surface area contributed by atoms with Gasteiger partial charge in [-0.1, -0.05) is 46.0 Å². The largest absolute Gasteiger partial charge is 0.353 e. The molecule has 0 bridgehead atoms. The van der Waals surface area contributed by atoms with Gasteiger partial charge in [-0.05, 0) is 31.9 Å². The second-order valence-corrected chi connectivity index (χ2v) is 7.60. The molecule has 4 heteroatoms. The maximum absolute atomic E-state index is 12.6. The van der Waals surface area contributed by atoms with Crippen LogP contribution >= 0.6 is 11.8 Å². The lowest BCUT2D eigenvalue weighted by Crippen LogP contribution is -2.47. The van der Waals surface area contributed by atoms with E-state index >= 15 is 0 Å². The van der Waals surface area contributed by atoms with Crippen LogP contribution < -0.4 is 5.32 Å². The standard InChI is InChI=1S/C17H30N2OS/c1-4-9-16(13-18,10-5-2)15(20)19-14-17(21-3)11-7-6-8-12-17/h4-12,14H2,1-3H3,(H,19,20). The Morgan fingerprint density at radius 1 is 1.24 bits per heavy atom. The average Bonchev–Trinajstić information content (AvgIpc) is 2.53. The van der Waals surface area contributed by atoms with Crippen LogP contribution in [0.2, 0.25) is 0 Å². The van der Waals surface area contributed by atoms with Crippen molar-refractivity contribution in [3.63, 3.8) is 0 Å². The molecule has 0 aromatic carbocycles. The molecule has 21 heavy (non-hydrogen) atoms. The van der Waals surface area contributed by atoms with Gasteiger partial charge in [0, 0.05) is 11.3 Å². The van der Waals surface area contributed by atoms with Gasteiger partial charge in [0.05, 0.1) is 6.07 Å². The van der Waals surface area contributed by atoms with E-state index in [0.717, 1.165) is 12.8 Å². The molecule has 0 aromatic rings. The Balaban J connectivity index is 2.70. The van der Waals surface area contributed by atoms with Crippen molar-refractivity contribution in [3.05, 3.63) is 0 Å². The van der Waals surface area contributed by atoms with Gasteiger partial charge in [0.2, 0.25) is 5.91 Å². The van der Waals surface area contributed by atoms with Crippen LogP contribution in [0.25, 0.3) is 0 Å². The van der Waals surface area contributed by atoms with Crippen LogP contribution in [-0.4, -0.2) is 23.5 Å². The van der Waals surface area contributed by atoms with Crippen molar-refractivity contribution in [1.82, 2.24) is 5.32 Å². The summed E-state index contributed by atoms with van der Waals surface area (Å²) in [5.74, 6) is -0.0484. The van der Waals surface area contributed by atoms with Crippen molar-refractivity contribution >= 4 is 17.7 Å². The molecule has 0 saturated heterocycles. The predicted octanol–water partition coefficient (Wildman–Crippen LogP) is 4.28. The fourth-order valence-corrected chi connectivity index (χ4v) is 4.34. The molecule has 0 unspecified atom stereocenters. The van der Waals surface area contributed by atoms with Crippen LogP contribution in [0.5, 0.6) is 0 Å². The van der Waals surface area contributed by atoms with Gasteiger partial charge >= 0.3 is 0 Å². The highest BCUT2D eigenvalue weighted by Gasteiger charge is 2.39. The van der Waals surface area contributed by atoms with Crippen molar-refractivity contribution in [3.8, 4) is 6.07 Å². The van der Waals surface area contributed by atoms with Gasteiger partial charge in [0.25, 0.3) is 0 Å². The number of hydrogen-bond donors (Lipinski definition) is 1. The summed E-state index contributed by atoms with van der Waals surface area (Å²) in [5.41, 5.74) is -0.822. The number of carbonyl (C=O) groups excluding carboxylic acids is 1. The summed E-state index contributed by atoms with van der Waals surface area (Å²) in [6.45, 7) is 4.79. The third-order valence-electron chi connectivity index (χ3n) is 4.77. The molecule has 0 radical (unpaired) electrons. The molecule has 1 rings (SSSR count). The molecule has 1 aliphatic rings. The van der Waals surface area contributed by atoms with Gasteiger partial charge in [0.15, 0.2) is 0 Å². The van der Waals surface area contributed by atoms with E-state index in [4.69, 9.17) is 0 Å². The Hall–Kier alpha value is -0.690. The zero-order valence-electron chi connectivity index (χ0n) is 13.8. The molecule has 1 amide bonds. The maximum Gasteiger partial charge on any atom is 0.240 e. The zero-order valence-corrected chi connectivity index (χ0v) is 14.7. The van der Waals surface area contributed by atoms with E-state index in [2.05, 4.69) is 17.6 Å². The molecule has 1 saturated carbocycles. The fraction of sp³-hybridized carbons (Fsp3) is 0.882. The molecule has 3 nitrogen and oxygen atoms in total. The van der Waals surface area contributed by atoms with E-state index < -0.39 is 5.41 Å². The first-order valence-electron chi connectivity index (χ1n) is 8.33. The van der Waals surface area contributed by atoms with Crippen molar-refractivity contribution < 1.29 is 4.79 Å². The molecule has 1 fully saturated rings. The van der Waals surface area contributed by atoms with Crippen LogP contribution in [0.15, 0.2) is 0 Å². The molecule has 120 valence electrons. The summed E-state index contributed by atoms with van der Waals surface area (Å²) >= 11 is 1.88. The third-order valence-corrected chi connectivity index (χ3v) is 6.19. The topological polar surface area (TPSA) is 52.9 Å². The highest BCUT2D eigenvalue weighted by Crippen LogP contribution is 2.38. The first kappa shape index (κ1) is 18.4. The van der Waals surface area contributed by atoms with E-state index in [1.807, 2.05) is 25.6 Å². The van der Waals surface area contributed by atoms with Crippen LogP contribution in [0.1, 0.15) is 71.6 Å². The minimum Gasteiger partial charge on any atom is -0.353 e. The summed E-state index contributed by atoms with van der Waals surface area (Å²) in [7, 11) is 0. The molecule has 0 atom stereocenters. The van der Waals surface area contributed by atoms with E-state index in [-0.39, 0.29) is 10.7 Å². The number of hydrogen-bond acceptors (Lipinski definition) is 3. The molecule has 0 aromatic heterocycles. The molecular formula is C17H30N2OS. The minimum atomic E-state index is -0.822. The molecular weight excluding hydrogens is 280 g/mol. The lowest BCUT2D eigenvalue weighted by molar-refractivity contribution is -0.129. The number of nitrogens with one attached hydrogen (secondary N) is 1. The minimum absolute atomic E-state index is 0.0484. The van der Waals surface area contributed by atoms with Gasteiger partial charge in [-0.3, -0.25) is 4.79 Å². The summed E-state index contributed by atoms with van der Waals surface area (Å²) in [6.07, 6.45) is 11.4. The summed E-state index contributed by atoms with van der Waals surface area (Å²) in [4.78, 5) is 12.6. The Bertz CT molecular complexity index is 363. The quantitative estimate of drug-likeness (QED) is 0.728. The van der Waals surface area contributed by atoms with Gasteiger partial charge in [-0.2, -0.15) is 17.0 Å². The Kier molecular flexibility index (Phi) is 7.59. The Morgan fingerprint density at radius 3 is 2.24 bits per heavy atom. The number of nitrogens with zero attached hydrogens (tertiary/aromatic N) is 1. The first-order valence-corrected chi connectivity index (χ1v) is 9.55. The van der Waals surface area contributed by atoms with E-state index in [1.54, 1.807) is 0 Å². The third kappa shape index (κ3) is 4.64. The monoisotopic (exact) mass is 310 g/mol. The fourth-order valence-electron chi connectivity index (χ4n) is 3.43. The van der Waals surface area contributed by atoms with Crippen LogP contribution in [0, 0.1) is 16.7 Å². The lowest BCUT2D eigenvalue weighted by atomic mass is 9.79. The second kappa shape index (κ2) is 8.68. The highest BCUT2D eigenvalue weighted by molar-refractivity contribution is 8.00. The number of carbonyl (C=O) groups is 1. The average molecular weight is 311 g/mol. The molecule has 0 spiro atoms. The van der Waals surface area contributed by atoms with E-state index in [9.17, 15) is 10.1 Å². The van der Waals surface area contributed by atoms with Gasteiger partial charge in [-0.25, -0.2) is 0 Å². The van der Waals surface area contributed by atoms with E-state index in [1.165, 1.54) is 32.1 Å². The van der Waals surface area contributed by atoms with Crippen molar-refractivity contribution in [1.29, 1.82) is 5.26 Å². The number of nitriles is 1. The van der Waals surface area contributed by atoms with Crippen LogP contribution in [-0.2, 0) is 4.79 Å². The summed E-state index contributed by atoms with van der Waals surface area (Å²) in [6, 6.07) is 2.32. The number of thioether (sulfide) groups is 1. The molecule has 0 aliphatic heterocycles. The second-order valence-electron chi connectivity index (χ2n) is 6.32. The highest BCUT2D eigenvalue weighted by atomic mass is 32.2. The van der Waals surface area contributed by atoms with Crippen molar-refractivity contribution in [2.45, 2.75) is 76.4 Å². The van der Waals surface area contributed by atoms with Gasteiger partial charge in [-0.15, -0.1) is 0 Å². The summed E-state index contributed by atoms with van der Waals surface area (Å²) in [5, 5.41) is 12.7. The normalized spacial score (nSPS) is 18.0. The Labute approximate surface area is 134 Å². The number of amides is 1. The lowest BCUT2D eigenvalue weighted by Gasteiger charge is -2.37. The smallest absolute Gasteiger partial charge is 0.240 e. The van der Waals surface area contributed by atoms with Gasteiger partial charge < -0.3 is 5.32 Å². The molecule has 1 N–H and O–H groups in total.